The van der Waals surface area contributed by atoms with Crippen molar-refractivity contribution >= 4 is 17.6 Å². The van der Waals surface area contributed by atoms with Crippen LogP contribution in [0.3, 0.4) is 0 Å². The number of likely N-dealkylation sites (N-methyl/N-ethyl adjacent to an activating group) is 1. The molecule has 2 bridgehead atoms. The van der Waals surface area contributed by atoms with Crippen molar-refractivity contribution in [3.63, 3.8) is 0 Å². The van der Waals surface area contributed by atoms with Crippen LogP contribution in [0.5, 0.6) is 17.2 Å². The van der Waals surface area contributed by atoms with Gasteiger partial charge in [-0.05, 0) is 49.6 Å². The molecule has 1 spiro atoms. The lowest BCUT2D eigenvalue weighted by molar-refractivity contribution is -0.384. The molecule has 0 aromatic heterocycles. The molecule has 4 atom stereocenters. The van der Waals surface area contributed by atoms with Crippen molar-refractivity contribution < 1.29 is 28.7 Å². The van der Waals surface area contributed by atoms with Crippen molar-refractivity contribution in [2.75, 3.05) is 13.6 Å². The number of ether oxygens (including phenoxy) is 3. The molecule has 0 N–H and O–H groups in total. The minimum Gasteiger partial charge on any atom is -0.477 e. The first-order valence-electron chi connectivity index (χ1n) is 10.6. The van der Waals surface area contributed by atoms with Crippen molar-refractivity contribution in [1.82, 2.24) is 4.90 Å². The van der Waals surface area contributed by atoms with Crippen LogP contribution in [0.25, 0.3) is 0 Å². The summed E-state index contributed by atoms with van der Waals surface area (Å²) in [5.41, 5.74) is 1.64. The number of nitrogens with zero attached hydrogens (tertiary/aromatic N) is 2. The number of nitro benzene ring substituents is 1. The van der Waals surface area contributed by atoms with Crippen LogP contribution in [-0.4, -0.2) is 47.5 Å². The smallest absolute Gasteiger partial charge is 0.477 e. The Balaban J connectivity index is 1.32. The van der Waals surface area contributed by atoms with Crippen LogP contribution >= 0.6 is 0 Å². The van der Waals surface area contributed by atoms with Gasteiger partial charge in [0.25, 0.3) is 5.69 Å². The highest BCUT2D eigenvalue weighted by atomic mass is 16.7. The van der Waals surface area contributed by atoms with Gasteiger partial charge in [0.05, 0.1) is 10.3 Å². The van der Waals surface area contributed by atoms with Crippen LogP contribution in [-0.2, 0) is 16.6 Å². The first-order valence-corrected chi connectivity index (χ1v) is 10.6. The van der Waals surface area contributed by atoms with E-state index in [-0.39, 0.29) is 28.4 Å². The first-order chi connectivity index (χ1) is 15.4. The molecule has 2 aliphatic heterocycles. The molecule has 2 aromatic carbocycles. The number of benzene rings is 2. The normalized spacial score (nSPS) is 29.3. The zero-order chi connectivity index (χ0) is 22.2. The summed E-state index contributed by atoms with van der Waals surface area (Å²) in [7, 11) is 2.10. The summed E-state index contributed by atoms with van der Waals surface area (Å²) >= 11 is 0. The second kappa shape index (κ2) is 6.52. The summed E-state index contributed by atoms with van der Waals surface area (Å²) in [5.74, 6) is 1.24. The number of hydrogen-bond donors (Lipinski definition) is 0. The minimum absolute atomic E-state index is 0.0961. The van der Waals surface area contributed by atoms with Gasteiger partial charge in [-0.2, -0.15) is 0 Å². The highest BCUT2D eigenvalue weighted by Gasteiger charge is 2.68. The zero-order valence-corrected chi connectivity index (χ0v) is 17.3. The molecule has 2 heterocycles. The molecule has 2 aromatic rings. The quantitative estimate of drug-likeness (QED) is 0.313. The van der Waals surface area contributed by atoms with Gasteiger partial charge in [0.2, 0.25) is 0 Å². The molecule has 1 saturated heterocycles. The maximum Gasteiger partial charge on any atom is 0.519 e. The molecule has 2 unspecified atom stereocenters. The summed E-state index contributed by atoms with van der Waals surface area (Å²) in [6.45, 7) is 0.745. The van der Waals surface area contributed by atoms with Crippen LogP contribution in [0.2, 0.25) is 0 Å². The molecular weight excluding hydrogens is 416 g/mol. The maximum atomic E-state index is 12.8. The number of carbonyl (C=O) groups excluding carboxylic acids is 2. The fourth-order valence-electron chi connectivity index (χ4n) is 6.27. The summed E-state index contributed by atoms with van der Waals surface area (Å²) < 4.78 is 16.9. The second-order valence-corrected chi connectivity index (χ2v) is 8.97. The minimum atomic E-state index is -0.980. The van der Waals surface area contributed by atoms with E-state index in [2.05, 4.69) is 11.9 Å². The Labute approximate surface area is 183 Å². The lowest BCUT2D eigenvalue weighted by Gasteiger charge is -2.43. The monoisotopic (exact) mass is 436 g/mol. The summed E-state index contributed by atoms with van der Waals surface area (Å²) in [4.78, 5) is 37.9. The molecule has 0 radical (unpaired) electrons. The van der Waals surface area contributed by atoms with Gasteiger partial charge in [-0.3, -0.25) is 14.9 Å². The number of nitro groups is 1. The lowest BCUT2D eigenvalue weighted by atomic mass is 9.57. The van der Waals surface area contributed by atoms with E-state index in [9.17, 15) is 19.7 Å². The Morgan fingerprint density at radius 2 is 2.00 bits per heavy atom. The van der Waals surface area contributed by atoms with Gasteiger partial charge < -0.3 is 19.1 Å². The molecule has 2 aliphatic carbocycles. The predicted octanol–water partition coefficient (Wildman–Crippen LogP) is 3.02. The fraction of sp³-hybridized carbons (Fsp3) is 0.391. The highest BCUT2D eigenvalue weighted by molar-refractivity contribution is 5.89. The molecule has 1 saturated carbocycles. The molecule has 32 heavy (non-hydrogen) atoms. The molecular formula is C23H20N2O7. The summed E-state index contributed by atoms with van der Waals surface area (Å²) in [6.07, 6.45) is 0.691. The van der Waals surface area contributed by atoms with Crippen LogP contribution in [0.1, 0.15) is 24.0 Å². The average Bonchev–Trinajstić information content (AvgIpc) is 3.21. The average molecular weight is 436 g/mol. The third-order valence-corrected chi connectivity index (χ3v) is 7.45. The van der Waals surface area contributed by atoms with E-state index < -0.39 is 17.2 Å². The predicted molar refractivity (Wildman–Crippen MR) is 110 cm³/mol. The Morgan fingerprint density at radius 1 is 1.22 bits per heavy atom. The Bertz CT molecular complexity index is 1180. The molecule has 9 nitrogen and oxygen atoms in total. The highest BCUT2D eigenvalue weighted by Crippen LogP contribution is 2.63. The fourth-order valence-corrected chi connectivity index (χ4v) is 6.27. The number of hydrogen-bond acceptors (Lipinski definition) is 8. The Hall–Kier alpha value is -3.46. The SMILES string of the molecule is CN1C[C@]23c4c5ccc(OC(=O)Oc6ccc([N+](=O)[O-])cc6)c4OC2C(=O)CCC3[C@H]1C5. The van der Waals surface area contributed by atoms with Crippen LogP contribution in [0.15, 0.2) is 36.4 Å². The summed E-state index contributed by atoms with van der Waals surface area (Å²) in [5, 5.41) is 10.8. The van der Waals surface area contributed by atoms with Crippen LogP contribution in [0.4, 0.5) is 10.5 Å². The lowest BCUT2D eigenvalue weighted by Crippen LogP contribution is -2.55. The number of rotatable bonds is 3. The van der Waals surface area contributed by atoms with E-state index in [0.29, 0.717) is 24.1 Å². The van der Waals surface area contributed by atoms with E-state index in [1.807, 2.05) is 6.07 Å². The van der Waals surface area contributed by atoms with Gasteiger partial charge in [-0.1, -0.05) is 6.07 Å². The van der Waals surface area contributed by atoms with Crippen molar-refractivity contribution in [3.8, 4) is 17.2 Å². The van der Waals surface area contributed by atoms with Gasteiger partial charge in [0.15, 0.2) is 23.4 Å². The van der Waals surface area contributed by atoms with Crippen molar-refractivity contribution in [2.24, 2.45) is 5.92 Å². The van der Waals surface area contributed by atoms with Crippen molar-refractivity contribution in [2.45, 2.75) is 36.8 Å². The van der Waals surface area contributed by atoms with E-state index >= 15 is 0 Å². The first kappa shape index (κ1) is 19.2. The molecule has 164 valence electrons. The van der Waals surface area contributed by atoms with E-state index in [0.717, 1.165) is 30.5 Å². The van der Waals surface area contributed by atoms with Gasteiger partial charge in [0.1, 0.15) is 5.75 Å². The van der Waals surface area contributed by atoms with E-state index in [4.69, 9.17) is 14.2 Å². The zero-order valence-electron chi connectivity index (χ0n) is 17.3. The number of non-ortho nitro benzene ring substituents is 1. The maximum absolute atomic E-state index is 12.8. The van der Waals surface area contributed by atoms with E-state index in [1.54, 1.807) is 6.07 Å². The molecule has 4 aliphatic rings. The topological polar surface area (TPSA) is 108 Å². The van der Waals surface area contributed by atoms with Crippen molar-refractivity contribution in [3.05, 3.63) is 57.6 Å². The van der Waals surface area contributed by atoms with Gasteiger partial charge in [0, 0.05) is 36.7 Å². The van der Waals surface area contributed by atoms with Gasteiger partial charge in [-0.25, -0.2) is 4.79 Å². The molecule has 2 fully saturated rings. The second-order valence-electron chi connectivity index (χ2n) is 8.97. The molecule has 0 amide bonds. The standard InChI is InChI=1S/C23H20N2O7/c1-24-11-23-15-7-8-17(26)21(23)32-20-18(9-2-12(19(20)23)10-16(15)24)31-22(27)30-14-5-3-13(4-6-14)25(28)29/h2-6,9,15-16,21H,7-8,10-11H2,1H3/t15?,16-,21?,23+/m1/s1. The van der Waals surface area contributed by atoms with Gasteiger partial charge in [-0.15, -0.1) is 0 Å². The third kappa shape index (κ3) is 2.48. The van der Waals surface area contributed by atoms with Crippen molar-refractivity contribution in [1.29, 1.82) is 0 Å². The summed E-state index contributed by atoms with van der Waals surface area (Å²) in [6, 6.07) is 9.15. The van der Waals surface area contributed by atoms with Crippen LogP contribution < -0.4 is 14.2 Å². The number of Topliss-reactive ketones (excluding diaryl/α,β-unsaturated/α-hetero) is 1. The number of likely N-dealkylation sites (tertiary alicyclic amines) is 1. The number of ketones is 1. The third-order valence-electron chi connectivity index (χ3n) is 7.45. The Kier molecular flexibility index (Phi) is 3.92. The Morgan fingerprint density at radius 3 is 2.75 bits per heavy atom. The molecule has 6 rings (SSSR count). The van der Waals surface area contributed by atoms with Gasteiger partial charge >= 0.3 is 6.16 Å². The molecule has 9 heteroatoms. The largest absolute Gasteiger partial charge is 0.519 e. The van der Waals surface area contributed by atoms with E-state index in [1.165, 1.54) is 24.3 Å². The van der Waals surface area contributed by atoms with Crippen LogP contribution in [0, 0.1) is 16.0 Å². The number of carbonyl (C=O) groups is 2.